The van der Waals surface area contributed by atoms with Crippen LogP contribution < -0.4 is 20.3 Å². The van der Waals surface area contributed by atoms with Crippen molar-refractivity contribution in [1.29, 1.82) is 0 Å². The standard InChI is InChI=1S/C34H34N4O4/c39-33(37-35-23-27-15-19-31(20-16-27)41-25-29-9-3-1-4-10-29)13-7-8-14-34(40)38-36-24-28-17-21-32(22-18-28)42-26-30-11-5-2-6-12-30/h1-6,9-12,15-24H,7-8,13-14,25-26H2,(H,37,39)(H,38,40). The number of hydrogen-bond donors (Lipinski definition) is 2. The Morgan fingerprint density at radius 1 is 0.548 bits per heavy atom. The molecule has 0 atom stereocenters. The van der Waals surface area contributed by atoms with Gasteiger partial charge in [0.05, 0.1) is 12.4 Å². The van der Waals surface area contributed by atoms with Crippen molar-refractivity contribution in [3.05, 3.63) is 131 Å². The van der Waals surface area contributed by atoms with Crippen molar-refractivity contribution in [2.45, 2.75) is 38.9 Å². The summed E-state index contributed by atoms with van der Waals surface area (Å²) in [6, 6.07) is 34.8. The highest BCUT2D eigenvalue weighted by atomic mass is 16.5. The number of unbranched alkanes of at least 4 members (excludes halogenated alkanes) is 1. The van der Waals surface area contributed by atoms with Gasteiger partial charge in [-0.1, -0.05) is 60.7 Å². The lowest BCUT2D eigenvalue weighted by Crippen LogP contribution is -2.19. The smallest absolute Gasteiger partial charge is 0.240 e. The summed E-state index contributed by atoms with van der Waals surface area (Å²) in [5.74, 6) is 1.11. The topological polar surface area (TPSA) is 101 Å². The quantitative estimate of drug-likeness (QED) is 0.105. The van der Waals surface area contributed by atoms with Crippen molar-refractivity contribution >= 4 is 24.2 Å². The number of benzene rings is 4. The third-order valence-electron chi connectivity index (χ3n) is 6.12. The SMILES string of the molecule is O=C(CCCCC(=O)NN=Cc1ccc(OCc2ccccc2)cc1)NN=Cc1ccc(OCc2ccccc2)cc1. The van der Waals surface area contributed by atoms with Crippen LogP contribution in [-0.4, -0.2) is 24.2 Å². The summed E-state index contributed by atoms with van der Waals surface area (Å²) in [6.45, 7) is 1.000. The number of carbonyl (C=O) groups excluding carboxylic acids is 2. The largest absolute Gasteiger partial charge is 0.489 e. The van der Waals surface area contributed by atoms with Crippen LogP contribution in [0.3, 0.4) is 0 Å². The molecule has 2 N–H and O–H groups in total. The van der Waals surface area contributed by atoms with E-state index >= 15 is 0 Å². The molecule has 0 spiro atoms. The van der Waals surface area contributed by atoms with Crippen LogP contribution in [-0.2, 0) is 22.8 Å². The van der Waals surface area contributed by atoms with Gasteiger partial charge in [0.2, 0.25) is 11.8 Å². The number of nitrogens with one attached hydrogen (secondary N) is 2. The van der Waals surface area contributed by atoms with Crippen LogP contribution in [0.2, 0.25) is 0 Å². The summed E-state index contributed by atoms with van der Waals surface area (Å²) < 4.78 is 11.5. The molecule has 0 aliphatic heterocycles. The predicted octanol–water partition coefficient (Wildman–Crippen LogP) is 6.01. The van der Waals surface area contributed by atoms with Crippen LogP contribution in [0.15, 0.2) is 119 Å². The molecule has 0 aliphatic carbocycles. The number of hydrogen-bond acceptors (Lipinski definition) is 6. The van der Waals surface area contributed by atoms with E-state index in [1.807, 2.05) is 109 Å². The van der Waals surface area contributed by atoms with Crippen LogP contribution in [0.5, 0.6) is 11.5 Å². The van der Waals surface area contributed by atoms with E-state index in [0.29, 0.717) is 26.1 Å². The van der Waals surface area contributed by atoms with Crippen molar-refractivity contribution in [1.82, 2.24) is 10.9 Å². The van der Waals surface area contributed by atoms with Gasteiger partial charge in [-0.05, 0) is 83.6 Å². The lowest BCUT2D eigenvalue weighted by Gasteiger charge is -2.06. The molecule has 0 heterocycles. The van der Waals surface area contributed by atoms with Crippen LogP contribution in [0.4, 0.5) is 0 Å². The third kappa shape index (κ3) is 11.1. The van der Waals surface area contributed by atoms with Gasteiger partial charge >= 0.3 is 0 Å². The van der Waals surface area contributed by atoms with Crippen molar-refractivity contribution in [2.24, 2.45) is 10.2 Å². The fourth-order valence-electron chi connectivity index (χ4n) is 3.82. The van der Waals surface area contributed by atoms with Crippen LogP contribution in [0.25, 0.3) is 0 Å². The average Bonchev–Trinajstić information content (AvgIpc) is 3.03. The Morgan fingerprint density at radius 2 is 0.929 bits per heavy atom. The van der Waals surface area contributed by atoms with Gasteiger partial charge in [-0.25, -0.2) is 10.9 Å². The second-order valence-corrected chi connectivity index (χ2v) is 9.48. The fourth-order valence-corrected chi connectivity index (χ4v) is 3.82. The van der Waals surface area contributed by atoms with Crippen molar-refractivity contribution in [3.8, 4) is 11.5 Å². The van der Waals surface area contributed by atoms with Crippen LogP contribution in [0, 0.1) is 0 Å². The van der Waals surface area contributed by atoms with Gasteiger partial charge in [-0.3, -0.25) is 9.59 Å². The summed E-state index contributed by atoms with van der Waals surface area (Å²) in [5, 5.41) is 8.01. The first kappa shape index (κ1) is 29.7. The summed E-state index contributed by atoms with van der Waals surface area (Å²) >= 11 is 0. The van der Waals surface area contributed by atoms with E-state index in [0.717, 1.165) is 33.8 Å². The van der Waals surface area contributed by atoms with E-state index in [4.69, 9.17) is 9.47 Å². The Morgan fingerprint density at radius 3 is 1.31 bits per heavy atom. The first-order valence-electron chi connectivity index (χ1n) is 13.8. The highest BCUT2D eigenvalue weighted by Crippen LogP contribution is 2.14. The zero-order chi connectivity index (χ0) is 29.2. The molecule has 8 heteroatoms. The van der Waals surface area contributed by atoms with Crippen molar-refractivity contribution < 1.29 is 19.1 Å². The second kappa shape index (κ2) is 16.8. The molecule has 214 valence electrons. The predicted molar refractivity (Wildman–Crippen MR) is 164 cm³/mol. The Bertz CT molecular complexity index is 1330. The maximum atomic E-state index is 12.0. The molecular formula is C34H34N4O4. The average molecular weight is 563 g/mol. The Balaban J connectivity index is 1.05. The minimum atomic E-state index is -0.205. The van der Waals surface area contributed by atoms with Crippen LogP contribution >= 0.6 is 0 Å². The van der Waals surface area contributed by atoms with Gasteiger partial charge in [0.25, 0.3) is 0 Å². The Kier molecular flexibility index (Phi) is 11.9. The first-order valence-corrected chi connectivity index (χ1v) is 13.8. The Labute approximate surface area is 246 Å². The highest BCUT2D eigenvalue weighted by molar-refractivity contribution is 5.83. The number of rotatable bonds is 15. The molecule has 0 saturated heterocycles. The molecule has 0 saturated carbocycles. The lowest BCUT2D eigenvalue weighted by molar-refractivity contribution is -0.123. The minimum Gasteiger partial charge on any atom is -0.489 e. The van der Waals surface area contributed by atoms with E-state index in [1.165, 1.54) is 0 Å². The number of amides is 2. The second-order valence-electron chi connectivity index (χ2n) is 9.48. The zero-order valence-electron chi connectivity index (χ0n) is 23.3. The van der Waals surface area contributed by atoms with Gasteiger partial charge in [0, 0.05) is 12.8 Å². The van der Waals surface area contributed by atoms with E-state index in [1.54, 1.807) is 12.4 Å². The summed E-state index contributed by atoms with van der Waals surface area (Å²) in [7, 11) is 0. The van der Waals surface area contributed by atoms with Gasteiger partial charge in [0.15, 0.2) is 0 Å². The minimum absolute atomic E-state index is 0.205. The van der Waals surface area contributed by atoms with E-state index < -0.39 is 0 Å². The summed E-state index contributed by atoms with van der Waals surface area (Å²) in [5.41, 5.74) is 8.92. The molecule has 4 aromatic rings. The van der Waals surface area contributed by atoms with Crippen LogP contribution in [0.1, 0.15) is 47.9 Å². The Hall–Kier alpha value is -5.24. The third-order valence-corrected chi connectivity index (χ3v) is 6.12. The molecular weight excluding hydrogens is 528 g/mol. The van der Waals surface area contributed by atoms with Gasteiger partial charge < -0.3 is 9.47 Å². The molecule has 4 rings (SSSR count). The molecule has 2 amide bonds. The molecule has 8 nitrogen and oxygen atoms in total. The van der Waals surface area contributed by atoms with Crippen molar-refractivity contribution in [2.75, 3.05) is 0 Å². The molecule has 0 unspecified atom stereocenters. The van der Waals surface area contributed by atoms with Gasteiger partial charge in [0.1, 0.15) is 24.7 Å². The molecule has 4 aromatic carbocycles. The molecule has 0 aromatic heterocycles. The fraction of sp³-hybridized carbons (Fsp3) is 0.176. The monoisotopic (exact) mass is 562 g/mol. The summed E-state index contributed by atoms with van der Waals surface area (Å²) in [4.78, 5) is 24.1. The summed E-state index contributed by atoms with van der Waals surface area (Å²) in [6.07, 6.45) is 4.84. The lowest BCUT2D eigenvalue weighted by atomic mass is 10.2. The van der Waals surface area contributed by atoms with E-state index in [9.17, 15) is 9.59 Å². The maximum absolute atomic E-state index is 12.0. The highest BCUT2D eigenvalue weighted by Gasteiger charge is 2.03. The van der Waals surface area contributed by atoms with Crippen molar-refractivity contribution in [3.63, 3.8) is 0 Å². The molecule has 0 fully saturated rings. The number of hydrazone groups is 2. The number of ether oxygens (including phenoxy) is 2. The van der Waals surface area contributed by atoms with Gasteiger partial charge in [-0.15, -0.1) is 0 Å². The molecule has 0 aliphatic rings. The zero-order valence-corrected chi connectivity index (χ0v) is 23.3. The normalized spacial score (nSPS) is 11.0. The molecule has 0 radical (unpaired) electrons. The molecule has 0 bridgehead atoms. The molecule has 42 heavy (non-hydrogen) atoms. The van der Waals surface area contributed by atoms with Gasteiger partial charge in [-0.2, -0.15) is 10.2 Å². The van der Waals surface area contributed by atoms with E-state index in [2.05, 4.69) is 21.1 Å². The number of nitrogens with zero attached hydrogens (tertiary/aromatic N) is 2. The first-order chi connectivity index (χ1) is 20.6. The van der Waals surface area contributed by atoms with E-state index in [-0.39, 0.29) is 24.7 Å². The number of carbonyl (C=O) groups is 2. The maximum Gasteiger partial charge on any atom is 0.240 e.